The van der Waals surface area contributed by atoms with Gasteiger partial charge in [-0.05, 0) is 49.6 Å². The molecule has 0 atom stereocenters. The van der Waals surface area contributed by atoms with Crippen molar-refractivity contribution in [3.8, 4) is 10.6 Å². The fraction of sp³-hybridized carbons (Fsp3) is 0.263. The van der Waals surface area contributed by atoms with Gasteiger partial charge in [-0.2, -0.15) is 0 Å². The van der Waals surface area contributed by atoms with E-state index in [1.54, 1.807) is 22.7 Å². The van der Waals surface area contributed by atoms with Crippen molar-refractivity contribution in [3.63, 3.8) is 0 Å². The van der Waals surface area contributed by atoms with E-state index in [0.29, 0.717) is 13.0 Å². The van der Waals surface area contributed by atoms with Crippen LogP contribution < -0.4 is 5.32 Å². The van der Waals surface area contributed by atoms with Crippen molar-refractivity contribution in [3.05, 3.63) is 62.3 Å². The summed E-state index contributed by atoms with van der Waals surface area (Å²) >= 11 is 3.34. The van der Waals surface area contributed by atoms with Crippen LogP contribution in [0.5, 0.6) is 0 Å². The second-order valence-electron chi connectivity index (χ2n) is 5.89. The number of nitrogens with zero attached hydrogens (tertiary/aromatic N) is 1. The van der Waals surface area contributed by atoms with Crippen LogP contribution in [-0.2, 0) is 17.8 Å². The van der Waals surface area contributed by atoms with Crippen molar-refractivity contribution in [1.82, 2.24) is 10.3 Å². The van der Waals surface area contributed by atoms with E-state index >= 15 is 0 Å². The summed E-state index contributed by atoms with van der Waals surface area (Å²) in [6.07, 6.45) is 0.421. The summed E-state index contributed by atoms with van der Waals surface area (Å²) in [6, 6.07) is 10.3. The second kappa shape index (κ2) is 7.28. The fourth-order valence-corrected chi connectivity index (χ4v) is 4.03. The lowest BCUT2D eigenvalue weighted by molar-refractivity contribution is -0.120. The molecule has 3 aromatic rings. The molecule has 0 fully saturated rings. The molecule has 0 aliphatic carbocycles. The highest BCUT2D eigenvalue weighted by Crippen LogP contribution is 2.28. The molecule has 0 aliphatic rings. The molecule has 2 aromatic heterocycles. The summed E-state index contributed by atoms with van der Waals surface area (Å²) in [5, 5.41) is 6.15. The third kappa shape index (κ3) is 4.10. The third-order valence-electron chi connectivity index (χ3n) is 3.93. The molecule has 0 unspecified atom stereocenters. The molecular weight excluding hydrogens is 336 g/mol. The molecule has 0 radical (unpaired) electrons. The van der Waals surface area contributed by atoms with E-state index < -0.39 is 0 Å². The Kier molecular flexibility index (Phi) is 5.11. The molecular formula is C19H20N2OS2. The molecule has 2 heterocycles. The molecule has 0 saturated heterocycles. The molecule has 3 nitrogen and oxygen atoms in total. The van der Waals surface area contributed by atoms with Crippen LogP contribution in [-0.4, -0.2) is 10.9 Å². The summed E-state index contributed by atoms with van der Waals surface area (Å²) in [5.41, 5.74) is 4.56. The highest BCUT2D eigenvalue weighted by molar-refractivity contribution is 7.16. The first kappa shape index (κ1) is 16.9. The van der Waals surface area contributed by atoms with E-state index in [9.17, 15) is 4.79 Å². The average Bonchev–Trinajstić information content (AvgIpc) is 3.18. The number of carbonyl (C=O) groups excluding carboxylic acids is 1. The molecule has 5 heteroatoms. The SMILES string of the molecule is Cc1nc(-c2ccc(CNC(=O)Cc3ccc(C)c(C)c3)s2)cs1. The molecule has 124 valence electrons. The van der Waals surface area contributed by atoms with Gasteiger partial charge in [-0.25, -0.2) is 4.98 Å². The zero-order chi connectivity index (χ0) is 17.1. The first-order chi connectivity index (χ1) is 11.5. The van der Waals surface area contributed by atoms with Gasteiger partial charge in [-0.1, -0.05) is 18.2 Å². The number of hydrogen-bond acceptors (Lipinski definition) is 4. The normalized spacial score (nSPS) is 10.8. The minimum absolute atomic E-state index is 0.0534. The van der Waals surface area contributed by atoms with Crippen molar-refractivity contribution < 1.29 is 4.79 Å². The lowest BCUT2D eigenvalue weighted by atomic mass is 10.0. The van der Waals surface area contributed by atoms with E-state index in [4.69, 9.17) is 0 Å². The van der Waals surface area contributed by atoms with Gasteiger partial charge >= 0.3 is 0 Å². The number of aryl methyl sites for hydroxylation is 3. The van der Waals surface area contributed by atoms with Crippen LogP contribution >= 0.6 is 22.7 Å². The molecule has 1 amide bonds. The summed E-state index contributed by atoms with van der Waals surface area (Å²) in [4.78, 5) is 18.9. The number of thiazole rings is 1. The number of carbonyl (C=O) groups is 1. The number of thiophene rings is 1. The van der Waals surface area contributed by atoms with Crippen LogP contribution in [0.2, 0.25) is 0 Å². The van der Waals surface area contributed by atoms with Gasteiger partial charge in [0, 0.05) is 10.3 Å². The van der Waals surface area contributed by atoms with Gasteiger partial charge in [0.25, 0.3) is 0 Å². The zero-order valence-electron chi connectivity index (χ0n) is 14.1. The summed E-state index contributed by atoms with van der Waals surface area (Å²) in [7, 11) is 0. The van der Waals surface area contributed by atoms with Crippen LogP contribution in [0.25, 0.3) is 10.6 Å². The Morgan fingerprint density at radius 2 is 1.96 bits per heavy atom. The van der Waals surface area contributed by atoms with E-state index in [2.05, 4.69) is 53.8 Å². The molecule has 1 N–H and O–H groups in total. The van der Waals surface area contributed by atoms with Gasteiger partial charge in [0.2, 0.25) is 5.91 Å². The number of rotatable bonds is 5. The predicted octanol–water partition coefficient (Wildman–Crippen LogP) is 4.66. The Morgan fingerprint density at radius 1 is 1.12 bits per heavy atom. The first-order valence-electron chi connectivity index (χ1n) is 7.85. The van der Waals surface area contributed by atoms with Gasteiger partial charge in [-0.3, -0.25) is 4.79 Å². The van der Waals surface area contributed by atoms with Gasteiger partial charge in [0.15, 0.2) is 0 Å². The minimum Gasteiger partial charge on any atom is -0.351 e. The summed E-state index contributed by atoms with van der Waals surface area (Å²) < 4.78 is 0. The smallest absolute Gasteiger partial charge is 0.224 e. The topological polar surface area (TPSA) is 42.0 Å². The van der Waals surface area contributed by atoms with Crippen LogP contribution in [0.3, 0.4) is 0 Å². The van der Waals surface area contributed by atoms with Crippen LogP contribution in [0.1, 0.15) is 26.6 Å². The van der Waals surface area contributed by atoms with Gasteiger partial charge in [0.05, 0.1) is 28.5 Å². The lowest BCUT2D eigenvalue weighted by Gasteiger charge is -2.06. The molecule has 1 aromatic carbocycles. The van der Waals surface area contributed by atoms with Crippen molar-refractivity contribution >= 4 is 28.6 Å². The average molecular weight is 357 g/mol. The first-order valence-corrected chi connectivity index (χ1v) is 9.55. The Bertz CT molecular complexity index is 864. The number of nitrogens with one attached hydrogen (secondary N) is 1. The highest BCUT2D eigenvalue weighted by Gasteiger charge is 2.08. The number of amides is 1. The maximum absolute atomic E-state index is 12.1. The van der Waals surface area contributed by atoms with Crippen LogP contribution in [0.4, 0.5) is 0 Å². The maximum atomic E-state index is 12.1. The van der Waals surface area contributed by atoms with Gasteiger partial charge < -0.3 is 5.32 Å². The summed E-state index contributed by atoms with van der Waals surface area (Å²) in [6.45, 7) is 6.73. The van der Waals surface area contributed by atoms with Crippen molar-refractivity contribution in [2.24, 2.45) is 0 Å². The van der Waals surface area contributed by atoms with Crippen LogP contribution in [0, 0.1) is 20.8 Å². The molecule has 0 saturated carbocycles. The fourth-order valence-electron chi connectivity index (χ4n) is 2.43. The second-order valence-corrected chi connectivity index (χ2v) is 8.12. The molecule has 24 heavy (non-hydrogen) atoms. The highest BCUT2D eigenvalue weighted by atomic mass is 32.1. The van der Waals surface area contributed by atoms with Crippen LogP contribution in [0.15, 0.2) is 35.7 Å². The van der Waals surface area contributed by atoms with Gasteiger partial charge in [0.1, 0.15) is 0 Å². The van der Waals surface area contributed by atoms with E-state index in [1.165, 1.54) is 11.1 Å². The number of hydrogen-bond donors (Lipinski definition) is 1. The number of aromatic nitrogens is 1. The minimum atomic E-state index is 0.0534. The standard InChI is InChI=1S/C19H20N2OS2/c1-12-4-5-15(8-13(12)2)9-19(22)20-10-16-6-7-18(24-16)17-11-23-14(3)21-17/h4-8,11H,9-10H2,1-3H3,(H,20,22). The summed E-state index contributed by atoms with van der Waals surface area (Å²) in [5.74, 6) is 0.0534. The van der Waals surface area contributed by atoms with Crippen molar-refractivity contribution in [2.45, 2.75) is 33.7 Å². The Balaban J connectivity index is 1.56. The molecule has 3 rings (SSSR count). The third-order valence-corrected chi connectivity index (χ3v) is 5.81. The van der Waals surface area contributed by atoms with Crippen molar-refractivity contribution in [2.75, 3.05) is 0 Å². The number of benzene rings is 1. The van der Waals surface area contributed by atoms with E-state index in [0.717, 1.165) is 26.0 Å². The van der Waals surface area contributed by atoms with E-state index in [-0.39, 0.29) is 5.91 Å². The van der Waals surface area contributed by atoms with Crippen molar-refractivity contribution in [1.29, 1.82) is 0 Å². The van der Waals surface area contributed by atoms with E-state index in [1.807, 2.05) is 13.0 Å². The Hall–Kier alpha value is -1.98. The Labute approximate surface area is 150 Å². The molecule has 0 bridgehead atoms. The maximum Gasteiger partial charge on any atom is 0.224 e. The lowest BCUT2D eigenvalue weighted by Crippen LogP contribution is -2.24. The molecule has 0 spiro atoms. The predicted molar refractivity (Wildman–Crippen MR) is 102 cm³/mol. The van der Waals surface area contributed by atoms with Gasteiger partial charge in [-0.15, -0.1) is 22.7 Å². The Morgan fingerprint density at radius 3 is 2.67 bits per heavy atom. The zero-order valence-corrected chi connectivity index (χ0v) is 15.7. The molecule has 0 aliphatic heterocycles. The monoisotopic (exact) mass is 356 g/mol. The quantitative estimate of drug-likeness (QED) is 0.723. The largest absolute Gasteiger partial charge is 0.351 e.